The molecule has 11 heteroatoms. The predicted octanol–water partition coefficient (Wildman–Crippen LogP) is 3.39. The third-order valence-corrected chi connectivity index (χ3v) is 7.56. The first-order chi connectivity index (χ1) is 15.3. The van der Waals surface area contributed by atoms with Crippen LogP contribution in [0.1, 0.15) is 0 Å². The molecule has 2 aromatic carbocycles. The van der Waals surface area contributed by atoms with Gasteiger partial charge in [-0.15, -0.1) is 0 Å². The van der Waals surface area contributed by atoms with Crippen LogP contribution in [0.3, 0.4) is 0 Å². The number of nitrogens with zero attached hydrogens (tertiary/aromatic N) is 3. The number of nitrogens with one attached hydrogen (secondary N) is 1. The van der Waals surface area contributed by atoms with E-state index in [-0.39, 0.29) is 40.1 Å². The van der Waals surface area contributed by atoms with Crippen LogP contribution in [0.5, 0.6) is 5.75 Å². The topological polar surface area (TPSA) is 76.6 Å². The number of hydrogen-bond acceptors (Lipinski definition) is 5. The first-order valence-electron chi connectivity index (χ1n) is 9.64. The lowest BCUT2D eigenvalue weighted by atomic mass is 9.98. The molecule has 0 radical (unpaired) electrons. The molecule has 166 valence electrons. The van der Waals surface area contributed by atoms with E-state index in [0.29, 0.717) is 19.7 Å². The smallest absolute Gasteiger partial charge is 0.233 e. The summed E-state index contributed by atoms with van der Waals surface area (Å²) in [5.74, 6) is -0.555. The Hall–Kier alpha value is -2.73. The number of benzene rings is 2. The first-order valence-corrected chi connectivity index (χ1v) is 11.5. The molecule has 0 saturated carbocycles. The Labute approximate surface area is 190 Å². The molecule has 2 aliphatic heterocycles. The zero-order valence-corrected chi connectivity index (χ0v) is 18.3. The number of halogens is 2. The summed E-state index contributed by atoms with van der Waals surface area (Å²) in [6, 6.07) is 7.91. The van der Waals surface area contributed by atoms with E-state index in [0.717, 1.165) is 6.07 Å². The van der Waals surface area contributed by atoms with E-state index in [1.165, 1.54) is 34.6 Å². The maximum absolute atomic E-state index is 14.1. The summed E-state index contributed by atoms with van der Waals surface area (Å²) in [6.45, 7) is 15.5. The lowest BCUT2D eigenvalue weighted by molar-refractivity contribution is -0.103. The molecule has 4 rings (SSSR count). The number of rotatable bonds is 4. The molecular weight excluding hydrogens is 459 g/mol. The SMILES string of the molecule is [C-]#[N+]c1ccc(O[C@H]2CN(S(=O)(=O)c3ccc(Cl)cc3[N+]#[C-])C[C@@]23CNCCO3)cc1F. The van der Waals surface area contributed by atoms with Gasteiger partial charge in [0.2, 0.25) is 21.4 Å². The van der Waals surface area contributed by atoms with Crippen molar-refractivity contribution in [2.24, 2.45) is 0 Å². The van der Waals surface area contributed by atoms with Crippen LogP contribution in [0.2, 0.25) is 5.02 Å². The van der Waals surface area contributed by atoms with Gasteiger partial charge in [0.15, 0.2) is 0 Å². The molecule has 2 heterocycles. The van der Waals surface area contributed by atoms with Crippen molar-refractivity contribution in [1.82, 2.24) is 9.62 Å². The minimum Gasteiger partial charge on any atom is -0.486 e. The molecule has 2 fully saturated rings. The van der Waals surface area contributed by atoms with Crippen LogP contribution in [0.4, 0.5) is 15.8 Å². The Balaban J connectivity index is 1.67. The van der Waals surface area contributed by atoms with Crippen LogP contribution in [0.15, 0.2) is 41.3 Å². The Bertz CT molecular complexity index is 1240. The number of sulfonamides is 1. The van der Waals surface area contributed by atoms with Crippen molar-refractivity contribution < 1.29 is 22.3 Å². The summed E-state index contributed by atoms with van der Waals surface area (Å²) >= 11 is 5.92. The summed E-state index contributed by atoms with van der Waals surface area (Å²) in [5.41, 5.74) is -1.20. The molecule has 0 unspecified atom stereocenters. The van der Waals surface area contributed by atoms with Crippen molar-refractivity contribution in [2.45, 2.75) is 16.6 Å². The van der Waals surface area contributed by atoms with Crippen LogP contribution in [-0.2, 0) is 14.8 Å². The fourth-order valence-corrected chi connectivity index (χ4v) is 5.65. The van der Waals surface area contributed by atoms with Crippen LogP contribution in [0, 0.1) is 19.0 Å². The minimum absolute atomic E-state index is 0.00428. The maximum Gasteiger partial charge on any atom is 0.233 e. The van der Waals surface area contributed by atoms with Gasteiger partial charge in [0.05, 0.1) is 31.2 Å². The van der Waals surface area contributed by atoms with Crippen molar-refractivity contribution in [2.75, 3.05) is 32.8 Å². The molecular formula is C21H18ClFN4O4S. The zero-order valence-electron chi connectivity index (χ0n) is 16.7. The third-order valence-electron chi connectivity index (χ3n) is 5.47. The average Bonchev–Trinajstić information content (AvgIpc) is 3.12. The lowest BCUT2D eigenvalue weighted by Crippen LogP contribution is -2.58. The van der Waals surface area contributed by atoms with Crippen molar-refractivity contribution in [3.63, 3.8) is 0 Å². The zero-order chi connectivity index (χ0) is 22.9. The second kappa shape index (κ2) is 8.66. The molecule has 0 aliphatic carbocycles. The standard InChI is InChI=1S/C21H18ClFN4O4S/c1-24-17-5-4-15(10-16(17)23)31-20-11-27(13-21(20)12-26-7-8-30-21)32(28,29)19-6-3-14(22)9-18(19)25-2/h3-6,9-10,20,26H,7-8,11-13H2/t20-,21-/m0/s1. The number of hydrogen-bond donors (Lipinski definition) is 1. The summed E-state index contributed by atoms with van der Waals surface area (Å²) in [7, 11) is -4.06. The highest BCUT2D eigenvalue weighted by atomic mass is 35.5. The van der Waals surface area contributed by atoms with Crippen LogP contribution in [0.25, 0.3) is 9.69 Å². The molecule has 8 nitrogen and oxygen atoms in total. The highest BCUT2D eigenvalue weighted by molar-refractivity contribution is 7.89. The molecule has 1 spiro atoms. The fraction of sp³-hybridized carbons (Fsp3) is 0.333. The van der Waals surface area contributed by atoms with Gasteiger partial charge in [-0.25, -0.2) is 22.5 Å². The van der Waals surface area contributed by atoms with E-state index >= 15 is 0 Å². The molecule has 32 heavy (non-hydrogen) atoms. The van der Waals surface area contributed by atoms with E-state index in [2.05, 4.69) is 15.0 Å². The van der Waals surface area contributed by atoms with E-state index in [1.54, 1.807) is 0 Å². The molecule has 0 bridgehead atoms. The van der Waals surface area contributed by atoms with Crippen LogP contribution in [-0.4, -0.2) is 57.2 Å². The maximum atomic E-state index is 14.1. The molecule has 2 saturated heterocycles. The van der Waals surface area contributed by atoms with Gasteiger partial charge in [0.25, 0.3) is 0 Å². The minimum atomic E-state index is -4.06. The van der Waals surface area contributed by atoms with E-state index in [4.69, 9.17) is 34.2 Å². The van der Waals surface area contributed by atoms with Gasteiger partial charge >= 0.3 is 0 Å². The number of morpholine rings is 1. The molecule has 0 amide bonds. The van der Waals surface area contributed by atoms with Crippen LogP contribution >= 0.6 is 11.6 Å². The Morgan fingerprint density at radius 1 is 1.22 bits per heavy atom. The van der Waals surface area contributed by atoms with Gasteiger partial charge < -0.3 is 14.8 Å². The Morgan fingerprint density at radius 2 is 2.00 bits per heavy atom. The van der Waals surface area contributed by atoms with Gasteiger partial charge in [-0.05, 0) is 24.3 Å². The van der Waals surface area contributed by atoms with Gasteiger partial charge in [0, 0.05) is 30.7 Å². The molecule has 1 N–H and O–H groups in total. The van der Waals surface area contributed by atoms with Crippen molar-refractivity contribution >= 4 is 33.0 Å². The summed E-state index contributed by atoms with van der Waals surface area (Å²) in [4.78, 5) is 6.25. The lowest BCUT2D eigenvalue weighted by Gasteiger charge is -2.38. The van der Waals surface area contributed by atoms with E-state index in [1.807, 2.05) is 0 Å². The quantitative estimate of drug-likeness (QED) is 0.684. The van der Waals surface area contributed by atoms with Crippen molar-refractivity contribution in [3.8, 4) is 5.75 Å². The van der Waals surface area contributed by atoms with Crippen LogP contribution < -0.4 is 10.1 Å². The Morgan fingerprint density at radius 3 is 2.66 bits per heavy atom. The van der Waals surface area contributed by atoms with Crippen molar-refractivity contribution in [3.05, 3.63) is 70.1 Å². The monoisotopic (exact) mass is 476 g/mol. The second-order valence-corrected chi connectivity index (χ2v) is 9.79. The largest absolute Gasteiger partial charge is 0.486 e. The molecule has 2 aliphatic rings. The summed E-state index contributed by atoms with van der Waals surface area (Å²) in [6.07, 6.45) is -0.744. The molecule has 2 atom stereocenters. The predicted molar refractivity (Wildman–Crippen MR) is 115 cm³/mol. The second-order valence-electron chi connectivity index (χ2n) is 7.44. The third kappa shape index (κ3) is 4.04. The Kier molecular flexibility index (Phi) is 6.08. The van der Waals surface area contributed by atoms with Gasteiger partial charge in [-0.2, -0.15) is 4.31 Å². The average molecular weight is 477 g/mol. The highest BCUT2D eigenvalue weighted by Gasteiger charge is 2.54. The normalized spacial score (nSPS) is 23.6. The highest BCUT2D eigenvalue weighted by Crippen LogP contribution is 2.37. The summed E-state index contributed by atoms with van der Waals surface area (Å²) < 4.78 is 54.1. The van der Waals surface area contributed by atoms with Gasteiger partial charge in [0.1, 0.15) is 23.3 Å². The molecule has 2 aromatic rings. The number of ether oxygens (including phenoxy) is 2. The van der Waals surface area contributed by atoms with E-state index in [9.17, 15) is 12.8 Å². The van der Waals surface area contributed by atoms with Crippen molar-refractivity contribution in [1.29, 1.82) is 0 Å². The van der Waals surface area contributed by atoms with E-state index < -0.39 is 27.5 Å². The first kappa shape index (κ1) is 22.5. The van der Waals surface area contributed by atoms with Gasteiger partial charge in [-0.3, -0.25) is 0 Å². The molecule has 0 aromatic heterocycles. The fourth-order valence-electron chi connectivity index (χ4n) is 3.88. The summed E-state index contributed by atoms with van der Waals surface area (Å²) in [5, 5.41) is 3.46. The van der Waals surface area contributed by atoms with Gasteiger partial charge in [-0.1, -0.05) is 17.7 Å².